The number of thiophene rings is 1. The van der Waals surface area contributed by atoms with Crippen molar-refractivity contribution in [1.82, 2.24) is 0 Å². The molecule has 3 rings (SSSR count). The van der Waals surface area contributed by atoms with Crippen LogP contribution >= 0.6 is 46.1 Å². The highest BCUT2D eigenvalue weighted by atomic mass is 35.5. The van der Waals surface area contributed by atoms with Crippen molar-refractivity contribution in [1.29, 1.82) is 0 Å². The molecule has 1 heterocycles. The van der Waals surface area contributed by atoms with E-state index in [0.717, 1.165) is 21.9 Å². The lowest BCUT2D eigenvalue weighted by molar-refractivity contribution is 0.887. The molecule has 20 heavy (non-hydrogen) atoms. The Kier molecular flexibility index (Phi) is 3.93. The van der Waals surface area contributed by atoms with E-state index in [1.165, 1.54) is 11.3 Å². The molecule has 0 radical (unpaired) electrons. The molecular formula is C15H10Cl3NS. The van der Waals surface area contributed by atoms with Crippen molar-refractivity contribution >= 4 is 56.9 Å². The molecule has 1 atom stereocenters. The second-order valence-electron chi connectivity index (χ2n) is 4.44. The van der Waals surface area contributed by atoms with Gasteiger partial charge in [-0.1, -0.05) is 65.1 Å². The Hall–Kier alpha value is -0.770. The number of hydrogen-bond acceptors (Lipinski definition) is 2. The predicted octanol–water partition coefficient (Wildman–Crippen LogP) is 5.91. The zero-order valence-corrected chi connectivity index (χ0v) is 13.3. The van der Waals surface area contributed by atoms with Crippen molar-refractivity contribution in [2.45, 2.75) is 6.04 Å². The minimum atomic E-state index is -0.326. The van der Waals surface area contributed by atoms with Crippen LogP contribution in [0.5, 0.6) is 0 Å². The Balaban J connectivity index is 2.20. The maximum Gasteiger partial charge on any atom is 0.0995 e. The fourth-order valence-electron chi connectivity index (χ4n) is 2.29. The highest BCUT2D eigenvalue weighted by Crippen LogP contribution is 2.39. The lowest BCUT2D eigenvalue weighted by Crippen LogP contribution is -2.11. The number of fused-ring (bicyclic) bond motifs is 1. The molecule has 0 aliphatic rings. The van der Waals surface area contributed by atoms with Crippen molar-refractivity contribution in [3.8, 4) is 0 Å². The summed E-state index contributed by atoms with van der Waals surface area (Å²) in [7, 11) is 0. The molecule has 2 aromatic carbocycles. The summed E-state index contributed by atoms with van der Waals surface area (Å²) in [5.41, 5.74) is 8.20. The molecular weight excluding hydrogens is 333 g/mol. The number of hydrogen-bond donors (Lipinski definition) is 1. The van der Waals surface area contributed by atoms with Crippen LogP contribution in [0.15, 0.2) is 42.5 Å². The van der Waals surface area contributed by atoms with Gasteiger partial charge in [-0.05, 0) is 23.1 Å². The molecule has 1 unspecified atom stereocenters. The molecule has 0 bridgehead atoms. The summed E-state index contributed by atoms with van der Waals surface area (Å²) in [5.74, 6) is 0. The predicted molar refractivity (Wildman–Crippen MR) is 89.3 cm³/mol. The van der Waals surface area contributed by atoms with Crippen LogP contribution in [-0.2, 0) is 0 Å². The number of halogens is 3. The van der Waals surface area contributed by atoms with Crippen LogP contribution in [0.3, 0.4) is 0 Å². The molecule has 0 aliphatic carbocycles. The number of nitrogens with two attached hydrogens (primary N) is 1. The maximum atomic E-state index is 6.37. The summed E-state index contributed by atoms with van der Waals surface area (Å²) < 4.78 is 1.26. The van der Waals surface area contributed by atoms with Gasteiger partial charge in [0.05, 0.1) is 14.7 Å². The molecule has 0 saturated carbocycles. The minimum Gasteiger partial charge on any atom is -0.320 e. The normalized spacial score (nSPS) is 12.8. The summed E-state index contributed by atoms with van der Waals surface area (Å²) >= 11 is 19.8. The number of benzene rings is 2. The molecule has 1 aromatic heterocycles. The first-order valence-electron chi connectivity index (χ1n) is 5.95. The van der Waals surface area contributed by atoms with Gasteiger partial charge in [0.25, 0.3) is 0 Å². The SMILES string of the molecule is NC(c1cc(Cl)sc1Cl)c1ccc(Cl)c2ccccc12. The van der Waals surface area contributed by atoms with Crippen LogP contribution in [0, 0.1) is 0 Å². The van der Waals surface area contributed by atoms with Gasteiger partial charge in [0.1, 0.15) is 0 Å². The van der Waals surface area contributed by atoms with Crippen molar-refractivity contribution < 1.29 is 0 Å². The average Bonchev–Trinajstić information content (AvgIpc) is 2.78. The van der Waals surface area contributed by atoms with Gasteiger partial charge in [-0.15, -0.1) is 11.3 Å². The highest BCUT2D eigenvalue weighted by Gasteiger charge is 2.18. The quantitative estimate of drug-likeness (QED) is 0.615. The zero-order valence-electron chi connectivity index (χ0n) is 10.2. The monoisotopic (exact) mass is 341 g/mol. The summed E-state index contributed by atoms with van der Waals surface area (Å²) in [6.07, 6.45) is 0. The van der Waals surface area contributed by atoms with Crippen LogP contribution in [0.25, 0.3) is 10.8 Å². The van der Waals surface area contributed by atoms with Gasteiger partial charge >= 0.3 is 0 Å². The zero-order chi connectivity index (χ0) is 14.3. The van der Waals surface area contributed by atoms with Gasteiger partial charge in [0, 0.05) is 16.0 Å². The second-order valence-corrected chi connectivity index (χ2v) is 7.13. The van der Waals surface area contributed by atoms with E-state index in [4.69, 9.17) is 40.5 Å². The average molecular weight is 343 g/mol. The number of rotatable bonds is 2. The first-order valence-corrected chi connectivity index (χ1v) is 7.90. The largest absolute Gasteiger partial charge is 0.320 e. The molecule has 0 amide bonds. The Morgan fingerprint density at radius 2 is 1.60 bits per heavy atom. The fourth-order valence-corrected chi connectivity index (χ4v) is 4.07. The van der Waals surface area contributed by atoms with E-state index in [1.54, 1.807) is 0 Å². The second kappa shape index (κ2) is 5.55. The molecule has 3 aromatic rings. The van der Waals surface area contributed by atoms with Gasteiger partial charge < -0.3 is 5.73 Å². The Bertz CT molecular complexity index is 782. The third-order valence-corrected chi connectivity index (χ3v) is 5.11. The molecule has 0 fully saturated rings. The topological polar surface area (TPSA) is 26.0 Å². The van der Waals surface area contributed by atoms with Crippen molar-refractivity contribution in [3.63, 3.8) is 0 Å². The van der Waals surface area contributed by atoms with Crippen LogP contribution in [0.2, 0.25) is 13.7 Å². The molecule has 1 nitrogen and oxygen atoms in total. The van der Waals surface area contributed by atoms with Crippen LogP contribution < -0.4 is 5.73 Å². The first kappa shape index (κ1) is 14.2. The van der Waals surface area contributed by atoms with E-state index >= 15 is 0 Å². The molecule has 0 spiro atoms. The summed E-state index contributed by atoms with van der Waals surface area (Å²) in [6.45, 7) is 0. The van der Waals surface area contributed by atoms with Crippen molar-refractivity contribution in [3.05, 3.63) is 67.3 Å². The van der Waals surface area contributed by atoms with Crippen LogP contribution in [0.4, 0.5) is 0 Å². The fraction of sp³-hybridized carbons (Fsp3) is 0.0667. The van der Waals surface area contributed by atoms with E-state index in [-0.39, 0.29) is 6.04 Å². The Morgan fingerprint density at radius 1 is 0.900 bits per heavy atom. The Morgan fingerprint density at radius 3 is 2.25 bits per heavy atom. The van der Waals surface area contributed by atoms with Crippen LogP contribution in [-0.4, -0.2) is 0 Å². The van der Waals surface area contributed by atoms with Gasteiger partial charge in [-0.2, -0.15) is 0 Å². The first-order chi connectivity index (χ1) is 9.58. The van der Waals surface area contributed by atoms with Gasteiger partial charge in [0.15, 0.2) is 0 Å². The molecule has 0 saturated heterocycles. The summed E-state index contributed by atoms with van der Waals surface area (Å²) in [4.78, 5) is 0. The smallest absolute Gasteiger partial charge is 0.0995 e. The summed E-state index contributed by atoms with van der Waals surface area (Å²) in [6, 6.07) is 13.2. The molecule has 5 heteroatoms. The third kappa shape index (κ3) is 2.43. The molecule has 102 valence electrons. The maximum absolute atomic E-state index is 6.37. The van der Waals surface area contributed by atoms with Crippen molar-refractivity contribution in [2.24, 2.45) is 5.73 Å². The molecule has 2 N–H and O–H groups in total. The van der Waals surface area contributed by atoms with Gasteiger partial charge in [0.2, 0.25) is 0 Å². The van der Waals surface area contributed by atoms with Gasteiger partial charge in [-0.3, -0.25) is 0 Å². The Labute approximate surface area is 135 Å². The standard InChI is InChI=1S/C15H10Cl3NS/c16-12-6-5-10(8-3-1-2-4-9(8)12)14(19)11-7-13(17)20-15(11)18/h1-7,14H,19H2. The summed E-state index contributed by atoms with van der Waals surface area (Å²) in [5, 5.41) is 2.73. The third-order valence-electron chi connectivity index (χ3n) is 3.26. The van der Waals surface area contributed by atoms with Crippen LogP contribution in [0.1, 0.15) is 17.2 Å². The van der Waals surface area contributed by atoms with E-state index in [0.29, 0.717) is 13.7 Å². The van der Waals surface area contributed by atoms with E-state index in [9.17, 15) is 0 Å². The minimum absolute atomic E-state index is 0.326. The van der Waals surface area contributed by atoms with E-state index < -0.39 is 0 Å². The highest BCUT2D eigenvalue weighted by molar-refractivity contribution is 7.20. The van der Waals surface area contributed by atoms with E-state index in [2.05, 4.69) is 0 Å². The molecule has 0 aliphatic heterocycles. The lowest BCUT2D eigenvalue weighted by atomic mass is 9.96. The van der Waals surface area contributed by atoms with Crippen molar-refractivity contribution in [2.75, 3.05) is 0 Å². The van der Waals surface area contributed by atoms with E-state index in [1.807, 2.05) is 42.5 Å². The lowest BCUT2D eigenvalue weighted by Gasteiger charge is -2.15. The van der Waals surface area contributed by atoms with Gasteiger partial charge in [-0.25, -0.2) is 0 Å².